The van der Waals surface area contributed by atoms with Gasteiger partial charge in [0.15, 0.2) is 0 Å². The number of aromatic nitrogens is 3. The van der Waals surface area contributed by atoms with Crippen molar-refractivity contribution in [2.45, 2.75) is 142 Å². The zero-order valence-electron chi connectivity index (χ0n) is 36.7. The summed E-state index contributed by atoms with van der Waals surface area (Å²) in [5.41, 5.74) is 0. The zero-order chi connectivity index (χ0) is 39.0. The second-order valence-corrected chi connectivity index (χ2v) is 28.4. The van der Waals surface area contributed by atoms with E-state index in [4.69, 9.17) is 15.0 Å². The first-order valence-electron chi connectivity index (χ1n) is 20.6. The summed E-state index contributed by atoms with van der Waals surface area (Å²) in [5, 5.41) is 0. The van der Waals surface area contributed by atoms with Crippen LogP contribution in [-0.4, -0.2) is 125 Å². The fourth-order valence-corrected chi connectivity index (χ4v) is 21.7. The molecule has 0 spiro atoms. The molecule has 0 aliphatic carbocycles. The van der Waals surface area contributed by atoms with Crippen LogP contribution in [0.2, 0.25) is 0 Å². The fraction of sp³-hybridized carbons (Fsp3) is 0.900. The van der Waals surface area contributed by atoms with Gasteiger partial charge < -0.3 is 0 Å². The number of nitrogens with zero attached hydrogens (tertiary/aromatic N) is 8. The predicted octanol–water partition coefficient (Wildman–Crippen LogP) is 9.31. The summed E-state index contributed by atoms with van der Waals surface area (Å²) in [6.07, 6.45) is 9.13. The summed E-state index contributed by atoms with van der Waals surface area (Å²) in [6, 6.07) is 1.13. The van der Waals surface area contributed by atoms with E-state index in [-0.39, 0.29) is 30.2 Å². The van der Waals surface area contributed by atoms with Gasteiger partial charge in [0.2, 0.25) is 0 Å². The number of rotatable bonds is 22. The minimum absolute atomic E-state index is 0.184. The molecule has 0 atom stereocenters. The van der Waals surface area contributed by atoms with Crippen molar-refractivity contribution in [3.8, 4) is 0 Å². The molecule has 0 aromatic carbocycles. The molecule has 1 aromatic heterocycles. The van der Waals surface area contributed by atoms with Crippen LogP contribution in [0.15, 0.2) is 0 Å². The number of anilines is 3. The van der Waals surface area contributed by atoms with Gasteiger partial charge in [0.05, 0.1) is 0 Å². The van der Waals surface area contributed by atoms with Crippen LogP contribution < -0.4 is 14.7 Å². The Kier molecular flexibility index (Phi) is 17.7. The van der Waals surface area contributed by atoms with E-state index in [1.165, 1.54) is 30.8 Å². The van der Waals surface area contributed by atoms with Crippen LogP contribution in [-0.2, 0) is 0 Å². The van der Waals surface area contributed by atoms with Crippen LogP contribution >= 0.6 is 14.5 Å². The summed E-state index contributed by atoms with van der Waals surface area (Å²) in [5.74, 6) is 4.85. The van der Waals surface area contributed by atoms with Gasteiger partial charge in [0, 0.05) is 0 Å². The quantitative estimate of drug-likeness (QED) is 0.109. The predicted molar refractivity (Wildman–Crippen MR) is 233 cm³/mol. The number of amides is 2. The third-order valence-corrected chi connectivity index (χ3v) is 22.0. The van der Waals surface area contributed by atoms with Crippen molar-refractivity contribution in [3.63, 3.8) is 0 Å². The number of hydrogen-bond donors (Lipinski definition) is 0. The molecule has 1 aromatic rings. The van der Waals surface area contributed by atoms with Crippen molar-refractivity contribution < 1.29 is 4.79 Å². The monoisotopic (exact) mass is 755 g/mol. The second-order valence-electron chi connectivity index (χ2n) is 19.1. The van der Waals surface area contributed by atoms with Crippen molar-refractivity contribution in [1.82, 2.24) is 24.8 Å². The summed E-state index contributed by atoms with van der Waals surface area (Å²) < 4.78 is 0. The number of carbonyl (C=O) groups is 1. The molecule has 0 bridgehead atoms. The Morgan fingerprint density at radius 2 is 0.941 bits per heavy atom. The minimum atomic E-state index is -2.12. The molecule has 9 nitrogen and oxygen atoms in total. The Hall–Kier alpha value is -1.46. The number of urea groups is 1. The van der Waals surface area contributed by atoms with Gasteiger partial charge in [-0.2, -0.15) is 0 Å². The molecule has 0 unspecified atom stereocenters. The van der Waals surface area contributed by atoms with E-state index in [1.54, 1.807) is 0 Å². The first-order valence-corrected chi connectivity index (χ1v) is 26.3. The zero-order valence-corrected chi connectivity index (χ0v) is 38.7. The SMILES string of the molecule is CC[PH](CC(C)C)(CC(C)C)CN(c1nc(N(C[PH](CC(C)C)(CC(C)C)CN2CCN(C)C2=O)C(C)C)nc(N(C(C)C)C(C)C)n1)C(C)C. The van der Waals surface area contributed by atoms with Crippen LogP contribution in [0.4, 0.5) is 22.6 Å². The van der Waals surface area contributed by atoms with Crippen LogP contribution in [0.5, 0.6) is 0 Å². The fourth-order valence-electron chi connectivity index (χ4n) is 9.19. The molecule has 0 saturated carbocycles. The molecule has 0 N–H and O–H groups in total. The Labute approximate surface area is 317 Å². The molecule has 1 aliphatic rings. The molecule has 11 heteroatoms. The molecule has 1 fully saturated rings. The normalized spacial score (nSPS) is 15.4. The van der Waals surface area contributed by atoms with Gasteiger partial charge in [-0.1, -0.05) is 0 Å². The number of carbonyl (C=O) groups excluding carboxylic acids is 1. The van der Waals surface area contributed by atoms with Crippen molar-refractivity contribution >= 4 is 38.4 Å². The number of likely N-dealkylation sites (N-methyl/N-ethyl adjacent to an activating group) is 1. The Morgan fingerprint density at radius 1 is 0.569 bits per heavy atom. The molecular weight excluding hydrogens is 670 g/mol. The topological polar surface area (TPSA) is 71.9 Å². The van der Waals surface area contributed by atoms with E-state index in [9.17, 15) is 4.79 Å². The average molecular weight is 755 g/mol. The third-order valence-electron chi connectivity index (χ3n) is 10.7. The van der Waals surface area contributed by atoms with Gasteiger partial charge in [0.1, 0.15) is 0 Å². The van der Waals surface area contributed by atoms with E-state index in [0.29, 0.717) is 23.7 Å². The standard InChI is InChI=1S/C40H84N8OP2/c1-19-50(22-29(2)3,23-30(4)5)27-46(33(10)11)37-41-38(43-39(42-37)48(35(14)15)36(16)17)47(34(12)13)28-51(24-31(6)7,25-32(8)9)26-45-21-20-44(18)40(45)49/h29-36,50-51H,19-28H2,1-18H3. The number of hydrogen-bond acceptors (Lipinski definition) is 7. The second kappa shape index (κ2) is 19.7. The summed E-state index contributed by atoms with van der Waals surface area (Å²) in [4.78, 5) is 41.2. The van der Waals surface area contributed by atoms with Crippen molar-refractivity contribution in [2.75, 3.05) is 84.5 Å². The van der Waals surface area contributed by atoms with Gasteiger partial charge in [-0.25, -0.2) is 0 Å². The summed E-state index contributed by atoms with van der Waals surface area (Å²) >= 11 is 0. The molecule has 2 heterocycles. The van der Waals surface area contributed by atoms with E-state index < -0.39 is 14.5 Å². The molecule has 2 amide bonds. The van der Waals surface area contributed by atoms with Crippen LogP contribution in [0.3, 0.4) is 0 Å². The van der Waals surface area contributed by atoms with Gasteiger partial charge >= 0.3 is 318 Å². The molecule has 1 saturated heterocycles. The molecule has 300 valence electrons. The maximum atomic E-state index is 13.4. The van der Waals surface area contributed by atoms with Gasteiger partial charge in [-0.15, -0.1) is 0 Å². The average Bonchev–Trinajstić information content (AvgIpc) is 3.28. The molecule has 1 aliphatic heterocycles. The van der Waals surface area contributed by atoms with Crippen molar-refractivity contribution in [2.24, 2.45) is 23.7 Å². The van der Waals surface area contributed by atoms with Gasteiger partial charge in [-0.3, -0.25) is 0 Å². The summed E-state index contributed by atoms with van der Waals surface area (Å²) in [6.45, 7) is 41.3. The molecule has 51 heavy (non-hydrogen) atoms. The van der Waals surface area contributed by atoms with Crippen molar-refractivity contribution in [1.29, 1.82) is 0 Å². The third kappa shape index (κ3) is 13.1. The van der Waals surface area contributed by atoms with Crippen LogP contribution in [0, 0.1) is 23.7 Å². The van der Waals surface area contributed by atoms with Gasteiger partial charge in [0.25, 0.3) is 0 Å². The molecular formula is C40H84N8OP2. The Morgan fingerprint density at radius 3 is 1.25 bits per heavy atom. The Balaban J connectivity index is 2.89. The van der Waals surface area contributed by atoms with Crippen LogP contribution in [0.25, 0.3) is 0 Å². The van der Waals surface area contributed by atoms with E-state index in [0.717, 1.165) is 49.8 Å². The first kappa shape index (κ1) is 45.7. The van der Waals surface area contributed by atoms with Crippen molar-refractivity contribution in [3.05, 3.63) is 0 Å². The van der Waals surface area contributed by atoms with Crippen LogP contribution in [0.1, 0.15) is 118 Å². The van der Waals surface area contributed by atoms with E-state index in [1.807, 2.05) is 11.9 Å². The van der Waals surface area contributed by atoms with E-state index in [2.05, 4.69) is 137 Å². The first-order chi connectivity index (χ1) is 23.6. The molecule has 0 radical (unpaired) electrons. The van der Waals surface area contributed by atoms with E-state index >= 15 is 0 Å². The Bertz CT molecular complexity index is 1180. The van der Waals surface area contributed by atoms with Gasteiger partial charge in [-0.05, 0) is 0 Å². The maximum absolute atomic E-state index is 13.4. The molecule has 2 rings (SSSR count). The summed E-state index contributed by atoms with van der Waals surface area (Å²) in [7, 11) is -1.88.